The normalized spacial score (nSPS) is 10.9. The van der Waals surface area contributed by atoms with E-state index in [0.717, 1.165) is 22.4 Å². The van der Waals surface area contributed by atoms with E-state index in [4.69, 9.17) is 21.1 Å². The summed E-state index contributed by atoms with van der Waals surface area (Å²) < 4.78 is 11.7. The maximum Gasteiger partial charge on any atom is 0.271 e. The van der Waals surface area contributed by atoms with E-state index in [1.54, 1.807) is 18.0 Å². The molecule has 0 heterocycles. The van der Waals surface area contributed by atoms with Gasteiger partial charge in [-0.2, -0.15) is 5.10 Å². The van der Waals surface area contributed by atoms with E-state index in [-0.39, 0.29) is 5.91 Å². The average molecular weight is 531 g/mol. The number of halogens is 1. The first-order valence-corrected chi connectivity index (χ1v) is 13.2. The molecule has 0 unspecified atom stereocenters. The van der Waals surface area contributed by atoms with Crippen molar-refractivity contribution < 1.29 is 14.3 Å². The van der Waals surface area contributed by atoms with E-state index in [9.17, 15) is 4.79 Å². The Morgan fingerprint density at radius 2 is 1.70 bits per heavy atom. The van der Waals surface area contributed by atoms with Gasteiger partial charge in [-0.15, -0.1) is 11.8 Å². The average Bonchev–Trinajstić information content (AvgIpc) is 2.92. The fraction of sp³-hybridized carbons (Fsp3) is 0.133. The maximum absolute atomic E-state index is 12.5. The van der Waals surface area contributed by atoms with E-state index >= 15 is 0 Å². The number of nitrogens with one attached hydrogen (secondary N) is 1. The van der Waals surface area contributed by atoms with Gasteiger partial charge in [0.2, 0.25) is 0 Å². The smallest absolute Gasteiger partial charge is 0.271 e. The van der Waals surface area contributed by atoms with Crippen LogP contribution in [-0.4, -0.2) is 18.7 Å². The molecule has 4 rings (SSSR count). The van der Waals surface area contributed by atoms with E-state index in [1.807, 2.05) is 91.9 Å². The van der Waals surface area contributed by atoms with Crippen molar-refractivity contribution >= 4 is 35.5 Å². The molecule has 0 spiro atoms. The number of nitrogens with zero attached hydrogens (tertiary/aromatic N) is 1. The summed E-state index contributed by atoms with van der Waals surface area (Å²) in [6.45, 7) is 2.77. The highest BCUT2D eigenvalue weighted by Gasteiger charge is 2.08. The van der Waals surface area contributed by atoms with Gasteiger partial charge in [-0.05, 0) is 78.2 Å². The Morgan fingerprint density at radius 1 is 0.892 bits per heavy atom. The Hall–Kier alpha value is -3.74. The lowest BCUT2D eigenvalue weighted by atomic mass is 10.1. The summed E-state index contributed by atoms with van der Waals surface area (Å²) in [6, 6.07) is 30.8. The minimum Gasteiger partial charge on any atom is -0.490 e. The molecule has 5 nitrogen and oxygen atoms in total. The number of hydrazone groups is 1. The molecule has 4 aromatic carbocycles. The number of hydrogen-bond donors (Lipinski definition) is 1. The lowest BCUT2D eigenvalue weighted by Gasteiger charge is -2.12. The standard InChI is InChI=1S/C30H27ClN2O3S/c1-2-35-29-18-23(13-16-28(29)36-20-24-7-6-8-26(31)17-24)19-32-33-30(34)25-14-11-22(12-15-25)21-37-27-9-4-3-5-10-27/h3-19H,2,20-21H2,1H3,(H,33,34)/b32-19+. The second-order valence-electron chi connectivity index (χ2n) is 8.06. The van der Waals surface area contributed by atoms with Crippen LogP contribution in [0.3, 0.4) is 0 Å². The van der Waals surface area contributed by atoms with E-state index in [1.165, 1.54) is 4.90 Å². The number of benzene rings is 4. The fourth-order valence-corrected chi connectivity index (χ4v) is 4.53. The van der Waals surface area contributed by atoms with Gasteiger partial charge in [0, 0.05) is 21.2 Å². The van der Waals surface area contributed by atoms with E-state index in [2.05, 4.69) is 22.7 Å². The molecule has 4 aromatic rings. The van der Waals surface area contributed by atoms with Crippen molar-refractivity contribution in [1.82, 2.24) is 5.43 Å². The summed E-state index contributed by atoms with van der Waals surface area (Å²) in [5.41, 5.74) is 6.01. The molecular formula is C30H27ClN2O3S. The van der Waals surface area contributed by atoms with Crippen LogP contribution in [0.5, 0.6) is 11.5 Å². The second kappa shape index (κ2) is 13.5. The molecule has 0 saturated carbocycles. The minimum atomic E-state index is -0.273. The Kier molecular flexibility index (Phi) is 9.63. The van der Waals surface area contributed by atoms with Crippen molar-refractivity contribution in [1.29, 1.82) is 0 Å². The molecule has 0 aliphatic carbocycles. The summed E-state index contributed by atoms with van der Waals surface area (Å²) in [5, 5.41) is 4.78. The summed E-state index contributed by atoms with van der Waals surface area (Å²) in [5.74, 6) is 1.78. The van der Waals surface area contributed by atoms with Crippen molar-refractivity contribution in [2.24, 2.45) is 5.10 Å². The van der Waals surface area contributed by atoms with Crippen molar-refractivity contribution in [3.8, 4) is 11.5 Å². The van der Waals surface area contributed by atoms with Gasteiger partial charge < -0.3 is 9.47 Å². The first kappa shape index (κ1) is 26.3. The lowest BCUT2D eigenvalue weighted by molar-refractivity contribution is 0.0955. The van der Waals surface area contributed by atoms with Crippen LogP contribution in [0.2, 0.25) is 5.02 Å². The van der Waals surface area contributed by atoms with Crippen LogP contribution in [0.4, 0.5) is 0 Å². The van der Waals surface area contributed by atoms with Crippen molar-refractivity contribution in [2.75, 3.05) is 6.61 Å². The fourth-order valence-electron chi connectivity index (χ4n) is 3.45. The van der Waals surface area contributed by atoms with Gasteiger partial charge in [-0.3, -0.25) is 4.79 Å². The zero-order valence-electron chi connectivity index (χ0n) is 20.4. The Morgan fingerprint density at radius 3 is 2.46 bits per heavy atom. The van der Waals surface area contributed by atoms with Crippen LogP contribution in [0.25, 0.3) is 0 Å². The molecule has 0 atom stereocenters. The zero-order chi connectivity index (χ0) is 25.9. The predicted molar refractivity (Wildman–Crippen MR) is 151 cm³/mol. The molecule has 0 aliphatic rings. The number of rotatable bonds is 11. The summed E-state index contributed by atoms with van der Waals surface area (Å²) >= 11 is 7.81. The lowest BCUT2D eigenvalue weighted by Crippen LogP contribution is -2.17. The molecule has 0 radical (unpaired) electrons. The molecule has 0 aromatic heterocycles. The van der Waals surface area contributed by atoms with Crippen LogP contribution in [0.1, 0.15) is 34.0 Å². The topological polar surface area (TPSA) is 59.9 Å². The van der Waals surface area contributed by atoms with Crippen molar-refractivity contribution in [3.05, 3.63) is 124 Å². The summed E-state index contributed by atoms with van der Waals surface area (Å²) in [7, 11) is 0. The molecule has 7 heteroatoms. The monoisotopic (exact) mass is 530 g/mol. The first-order valence-electron chi connectivity index (χ1n) is 11.8. The number of ether oxygens (including phenoxy) is 2. The van der Waals surface area contributed by atoms with Crippen LogP contribution in [0.15, 0.2) is 107 Å². The van der Waals surface area contributed by atoms with Crippen LogP contribution in [0, 0.1) is 0 Å². The van der Waals surface area contributed by atoms with Crippen molar-refractivity contribution in [2.45, 2.75) is 24.2 Å². The quantitative estimate of drug-likeness (QED) is 0.125. The van der Waals surface area contributed by atoms with Gasteiger partial charge in [0.05, 0.1) is 12.8 Å². The molecule has 0 aliphatic heterocycles. The highest BCUT2D eigenvalue weighted by molar-refractivity contribution is 7.98. The SMILES string of the molecule is CCOc1cc(/C=N/NC(=O)c2ccc(CSc3ccccc3)cc2)ccc1OCc1cccc(Cl)c1. The third-order valence-corrected chi connectivity index (χ3v) is 6.61. The third kappa shape index (κ3) is 8.13. The van der Waals surface area contributed by atoms with Gasteiger partial charge >= 0.3 is 0 Å². The summed E-state index contributed by atoms with van der Waals surface area (Å²) in [4.78, 5) is 13.7. The second-order valence-corrected chi connectivity index (χ2v) is 9.54. The molecule has 1 N–H and O–H groups in total. The largest absolute Gasteiger partial charge is 0.490 e. The Labute approximate surface area is 226 Å². The number of thioether (sulfide) groups is 1. The maximum atomic E-state index is 12.5. The van der Waals surface area contributed by atoms with Gasteiger partial charge in [-0.1, -0.05) is 54.1 Å². The highest BCUT2D eigenvalue weighted by Crippen LogP contribution is 2.29. The van der Waals surface area contributed by atoms with Gasteiger partial charge in [0.1, 0.15) is 6.61 Å². The molecule has 0 saturated heterocycles. The number of hydrogen-bond acceptors (Lipinski definition) is 5. The molecule has 0 bridgehead atoms. The molecular weight excluding hydrogens is 504 g/mol. The predicted octanol–water partition coefficient (Wildman–Crippen LogP) is 7.37. The summed E-state index contributed by atoms with van der Waals surface area (Å²) in [6.07, 6.45) is 1.58. The van der Waals surface area contributed by atoms with Crippen LogP contribution >= 0.6 is 23.4 Å². The van der Waals surface area contributed by atoms with E-state index < -0.39 is 0 Å². The van der Waals surface area contributed by atoms with Crippen molar-refractivity contribution in [3.63, 3.8) is 0 Å². The number of carbonyl (C=O) groups excluding carboxylic acids is 1. The molecule has 1 amide bonds. The zero-order valence-corrected chi connectivity index (χ0v) is 22.0. The highest BCUT2D eigenvalue weighted by atomic mass is 35.5. The first-order chi connectivity index (χ1) is 18.1. The minimum absolute atomic E-state index is 0.273. The van der Waals surface area contributed by atoms with Gasteiger partial charge in [-0.25, -0.2) is 5.43 Å². The third-order valence-electron chi connectivity index (χ3n) is 5.30. The van der Waals surface area contributed by atoms with Gasteiger partial charge in [0.15, 0.2) is 11.5 Å². The van der Waals surface area contributed by atoms with Crippen LogP contribution in [-0.2, 0) is 12.4 Å². The molecule has 37 heavy (non-hydrogen) atoms. The van der Waals surface area contributed by atoms with Crippen LogP contribution < -0.4 is 14.9 Å². The number of amides is 1. The Balaban J connectivity index is 1.32. The van der Waals surface area contributed by atoms with E-state index in [0.29, 0.717) is 35.3 Å². The molecule has 188 valence electrons. The Bertz CT molecular complexity index is 1340. The van der Waals surface area contributed by atoms with Gasteiger partial charge in [0.25, 0.3) is 5.91 Å². The molecule has 0 fully saturated rings. The number of carbonyl (C=O) groups is 1.